The van der Waals surface area contributed by atoms with Crippen LogP contribution in [0.1, 0.15) is 21.5 Å². The Kier molecular flexibility index (Phi) is 8.69. The molecule has 30 heavy (non-hydrogen) atoms. The van der Waals surface area contributed by atoms with Gasteiger partial charge in [0.05, 0.1) is 17.7 Å². The molecular weight excluding hydrogens is 428 g/mol. The van der Waals surface area contributed by atoms with E-state index >= 15 is 0 Å². The molecule has 3 rings (SSSR count). The van der Waals surface area contributed by atoms with E-state index in [1.807, 2.05) is 30.3 Å². The predicted molar refractivity (Wildman–Crippen MR) is 111 cm³/mol. The van der Waals surface area contributed by atoms with E-state index in [1.54, 1.807) is 29.0 Å². The first-order valence-corrected chi connectivity index (χ1v) is 9.41. The third kappa shape index (κ3) is 5.74. The zero-order valence-electron chi connectivity index (χ0n) is 15.9. The molecule has 4 nitrogen and oxygen atoms in total. The molecule has 0 amide bonds. The van der Waals surface area contributed by atoms with E-state index in [0.717, 1.165) is 5.56 Å². The molecule has 0 aliphatic rings. The van der Waals surface area contributed by atoms with Crippen molar-refractivity contribution in [1.82, 2.24) is 0 Å². The summed E-state index contributed by atoms with van der Waals surface area (Å²) in [5.41, 5.74) is 1.40. The molecule has 156 valence electrons. The Bertz CT molecular complexity index is 1040. The van der Waals surface area contributed by atoms with Gasteiger partial charge < -0.3 is 22.6 Å². The number of nitrogens with zero attached hydrogens (tertiary/aromatic N) is 1. The lowest BCUT2D eigenvalue weighted by molar-refractivity contribution is -0.448. The van der Waals surface area contributed by atoms with Crippen LogP contribution in [-0.4, -0.2) is 46.0 Å². The topological polar surface area (TPSA) is 60.5 Å². The number of benzene rings is 3. The highest BCUT2D eigenvalue weighted by atomic mass is 35.5. The quantitative estimate of drug-likeness (QED) is 0.320. The van der Waals surface area contributed by atoms with Gasteiger partial charge in [0, 0.05) is 16.7 Å². The van der Waals surface area contributed by atoms with Gasteiger partial charge in [0.1, 0.15) is 11.9 Å². The number of rotatable bonds is 7. The molecule has 1 unspecified atom stereocenters. The van der Waals surface area contributed by atoms with E-state index in [2.05, 4.69) is 0 Å². The number of aliphatic hydroxyl groups excluding tert-OH is 2. The minimum absolute atomic E-state index is 0. The average molecular weight is 448 g/mol. The molecule has 0 saturated carbocycles. The first-order valence-electron chi connectivity index (χ1n) is 9.04. The highest BCUT2D eigenvalue weighted by Gasteiger charge is 2.25. The summed E-state index contributed by atoms with van der Waals surface area (Å²) in [4.78, 5) is 13.1. The molecular formula is C23H20Cl2FNO3. The van der Waals surface area contributed by atoms with Crippen LogP contribution in [0.3, 0.4) is 0 Å². The Labute approximate surface area is 185 Å². The lowest BCUT2D eigenvalue weighted by atomic mass is 10.0. The SMILES string of the molecule is O=C(c1ccccc1F)c1cc(Cl)ccc1/[N+](=C/c1ccccc1)CC(O)CO.[Cl-]. The summed E-state index contributed by atoms with van der Waals surface area (Å²) < 4.78 is 15.9. The fourth-order valence-corrected chi connectivity index (χ4v) is 3.13. The molecule has 7 heteroatoms. The van der Waals surface area contributed by atoms with Crippen LogP contribution in [0.4, 0.5) is 10.1 Å². The van der Waals surface area contributed by atoms with Crippen LogP contribution in [0.25, 0.3) is 0 Å². The Morgan fingerprint density at radius 2 is 1.70 bits per heavy atom. The van der Waals surface area contributed by atoms with Crippen molar-refractivity contribution < 1.29 is 36.4 Å². The number of hydrogen-bond donors (Lipinski definition) is 2. The number of ketones is 1. The lowest BCUT2D eigenvalue weighted by Gasteiger charge is -2.11. The average Bonchev–Trinajstić information content (AvgIpc) is 2.73. The van der Waals surface area contributed by atoms with Crippen LogP contribution in [0.2, 0.25) is 5.02 Å². The maximum atomic E-state index is 14.2. The summed E-state index contributed by atoms with van der Waals surface area (Å²) in [7, 11) is 0. The zero-order valence-corrected chi connectivity index (χ0v) is 17.4. The number of aliphatic hydroxyl groups is 2. The van der Waals surface area contributed by atoms with Gasteiger partial charge in [-0.2, -0.15) is 4.58 Å². The number of halogens is 3. The van der Waals surface area contributed by atoms with E-state index < -0.39 is 24.3 Å². The maximum absolute atomic E-state index is 14.2. The molecule has 0 aromatic heterocycles. The molecule has 0 aliphatic carbocycles. The van der Waals surface area contributed by atoms with Crippen molar-refractivity contribution in [2.75, 3.05) is 13.2 Å². The summed E-state index contributed by atoms with van der Waals surface area (Å²) in [5.74, 6) is -1.15. The zero-order chi connectivity index (χ0) is 20.8. The summed E-state index contributed by atoms with van der Waals surface area (Å²) in [5, 5.41) is 19.7. The second-order valence-corrected chi connectivity index (χ2v) is 6.94. The van der Waals surface area contributed by atoms with Gasteiger partial charge in [-0.3, -0.25) is 4.79 Å². The maximum Gasteiger partial charge on any atom is 0.216 e. The van der Waals surface area contributed by atoms with Crippen molar-refractivity contribution in [3.63, 3.8) is 0 Å². The van der Waals surface area contributed by atoms with Gasteiger partial charge >= 0.3 is 0 Å². The van der Waals surface area contributed by atoms with Gasteiger partial charge in [-0.1, -0.05) is 41.9 Å². The van der Waals surface area contributed by atoms with Crippen molar-refractivity contribution in [3.8, 4) is 0 Å². The second-order valence-electron chi connectivity index (χ2n) is 6.50. The Balaban J connectivity index is 0.00000320. The monoisotopic (exact) mass is 447 g/mol. The number of carbonyl (C=O) groups is 1. The van der Waals surface area contributed by atoms with Crippen LogP contribution in [-0.2, 0) is 0 Å². The molecule has 0 radical (unpaired) electrons. The van der Waals surface area contributed by atoms with Gasteiger partial charge in [-0.05, 0) is 36.4 Å². The molecule has 2 N–H and O–H groups in total. The Morgan fingerprint density at radius 1 is 1.03 bits per heavy atom. The summed E-state index contributed by atoms with van der Waals surface area (Å²) in [6, 6.07) is 19.8. The van der Waals surface area contributed by atoms with Crippen molar-refractivity contribution in [2.45, 2.75) is 6.10 Å². The van der Waals surface area contributed by atoms with E-state index in [1.165, 1.54) is 24.3 Å². The molecule has 3 aromatic rings. The molecule has 0 heterocycles. The summed E-state index contributed by atoms with van der Waals surface area (Å²) >= 11 is 6.12. The normalized spacial score (nSPS) is 12.2. The molecule has 0 aliphatic heterocycles. The van der Waals surface area contributed by atoms with Gasteiger partial charge in [0.2, 0.25) is 11.5 Å². The molecule has 0 fully saturated rings. The first-order chi connectivity index (χ1) is 14.0. The number of carbonyl (C=O) groups excluding carboxylic acids is 1. The molecule has 1 atom stereocenters. The minimum atomic E-state index is -1.04. The highest BCUT2D eigenvalue weighted by Crippen LogP contribution is 2.27. The molecule has 3 aromatic carbocycles. The van der Waals surface area contributed by atoms with Crippen LogP contribution >= 0.6 is 11.6 Å². The highest BCUT2D eigenvalue weighted by molar-refractivity contribution is 6.31. The lowest BCUT2D eigenvalue weighted by Crippen LogP contribution is -3.00. The number of hydrogen-bond acceptors (Lipinski definition) is 3. The van der Waals surface area contributed by atoms with Gasteiger partial charge in [0.25, 0.3) is 0 Å². The fraction of sp³-hybridized carbons (Fsp3) is 0.130. The minimum Gasteiger partial charge on any atom is -1.00 e. The van der Waals surface area contributed by atoms with Gasteiger partial charge in [-0.15, -0.1) is 0 Å². The third-order valence-electron chi connectivity index (χ3n) is 4.35. The van der Waals surface area contributed by atoms with Crippen molar-refractivity contribution in [3.05, 3.63) is 100 Å². The molecule has 0 spiro atoms. The van der Waals surface area contributed by atoms with Crippen LogP contribution < -0.4 is 12.4 Å². The van der Waals surface area contributed by atoms with Crippen LogP contribution in [0.15, 0.2) is 72.8 Å². The van der Waals surface area contributed by atoms with Crippen LogP contribution in [0.5, 0.6) is 0 Å². The van der Waals surface area contributed by atoms with Crippen molar-refractivity contribution in [2.24, 2.45) is 0 Å². The van der Waals surface area contributed by atoms with Crippen molar-refractivity contribution in [1.29, 1.82) is 0 Å². The molecule has 0 saturated heterocycles. The first kappa shape index (κ1) is 23.7. The van der Waals surface area contributed by atoms with E-state index in [4.69, 9.17) is 11.6 Å². The predicted octanol–water partition coefficient (Wildman–Crippen LogP) is 0.830. The van der Waals surface area contributed by atoms with E-state index in [0.29, 0.717) is 10.7 Å². The Morgan fingerprint density at radius 3 is 2.37 bits per heavy atom. The van der Waals surface area contributed by atoms with Gasteiger partial charge in [0.15, 0.2) is 12.8 Å². The standard InChI is InChI=1S/C23H20ClFNO3.ClH/c24-17-10-11-22(20(12-17)23(29)19-8-4-5-9-21(19)25)26(14-18(28)15-27)13-16-6-2-1-3-7-16;/h1-13,18,27-28H,14-15H2;1H/q+1;/p-1/b26-13+;. The molecule has 0 bridgehead atoms. The van der Waals surface area contributed by atoms with Crippen LogP contribution in [0, 0.1) is 5.82 Å². The van der Waals surface area contributed by atoms with E-state index in [-0.39, 0.29) is 30.1 Å². The Hall–Kier alpha value is -2.57. The second kappa shape index (κ2) is 11.0. The summed E-state index contributed by atoms with van der Waals surface area (Å²) in [6.45, 7) is -0.409. The smallest absolute Gasteiger partial charge is 0.216 e. The fourth-order valence-electron chi connectivity index (χ4n) is 2.96. The van der Waals surface area contributed by atoms with Gasteiger partial charge in [-0.25, -0.2) is 4.39 Å². The van der Waals surface area contributed by atoms with E-state index in [9.17, 15) is 19.4 Å². The largest absolute Gasteiger partial charge is 1.00 e. The summed E-state index contributed by atoms with van der Waals surface area (Å²) in [6.07, 6.45) is 0.710. The third-order valence-corrected chi connectivity index (χ3v) is 4.59. The van der Waals surface area contributed by atoms with Crippen molar-refractivity contribution >= 4 is 29.3 Å².